The van der Waals surface area contributed by atoms with Crippen molar-refractivity contribution in [2.24, 2.45) is 0 Å². The normalized spacial score (nSPS) is 11.3. The summed E-state index contributed by atoms with van der Waals surface area (Å²) in [5, 5.41) is 2.72. The average Bonchev–Trinajstić information content (AvgIpc) is 3.23. The predicted molar refractivity (Wildman–Crippen MR) is 134 cm³/mol. The van der Waals surface area contributed by atoms with Crippen LogP contribution in [0.4, 0.5) is 0 Å². The second-order valence-electron chi connectivity index (χ2n) is 7.44. The first-order valence-corrected chi connectivity index (χ1v) is 11.4. The molecule has 32 heavy (non-hydrogen) atoms. The molecule has 2 aromatic heterocycles. The van der Waals surface area contributed by atoms with Gasteiger partial charge in [0.2, 0.25) is 5.28 Å². The van der Waals surface area contributed by atoms with E-state index in [1.165, 1.54) is 20.2 Å². The van der Waals surface area contributed by atoms with Gasteiger partial charge in [0.25, 0.3) is 0 Å². The van der Waals surface area contributed by atoms with E-state index in [4.69, 9.17) is 16.6 Å². The molecule has 3 nitrogen and oxygen atoms in total. The van der Waals surface area contributed by atoms with Gasteiger partial charge in [0.1, 0.15) is 0 Å². The standard InChI is InChI=1S/C27H16ClN3S/c28-27-30-25(17-9-2-1-3-10-17)29-26(31-27)22-13-5-4-11-18(22)20-14-8-15-21-19-12-6-7-16-23(19)32-24(20)21/h1-16H. The van der Waals surface area contributed by atoms with Gasteiger partial charge in [0, 0.05) is 36.9 Å². The Hall–Kier alpha value is -3.60. The first-order chi connectivity index (χ1) is 15.8. The highest BCUT2D eigenvalue weighted by molar-refractivity contribution is 7.26. The van der Waals surface area contributed by atoms with Crippen LogP contribution in [0.25, 0.3) is 54.1 Å². The third-order valence-electron chi connectivity index (χ3n) is 5.50. The Labute approximate surface area is 194 Å². The number of hydrogen-bond acceptors (Lipinski definition) is 4. The van der Waals surface area contributed by atoms with Crippen molar-refractivity contribution in [1.29, 1.82) is 0 Å². The van der Waals surface area contributed by atoms with Gasteiger partial charge >= 0.3 is 0 Å². The molecule has 0 unspecified atom stereocenters. The first kappa shape index (κ1) is 19.1. The van der Waals surface area contributed by atoms with Gasteiger partial charge in [-0.05, 0) is 23.2 Å². The van der Waals surface area contributed by atoms with Gasteiger partial charge in [-0.3, -0.25) is 0 Å². The Kier molecular flexibility index (Phi) is 4.67. The zero-order valence-corrected chi connectivity index (χ0v) is 18.4. The fourth-order valence-electron chi connectivity index (χ4n) is 4.06. The second kappa shape index (κ2) is 7.83. The summed E-state index contributed by atoms with van der Waals surface area (Å²) in [5.41, 5.74) is 4.07. The summed E-state index contributed by atoms with van der Waals surface area (Å²) in [6.45, 7) is 0. The molecule has 5 heteroatoms. The number of benzene rings is 4. The van der Waals surface area contributed by atoms with Gasteiger partial charge in [0.15, 0.2) is 11.6 Å². The summed E-state index contributed by atoms with van der Waals surface area (Å²) in [6.07, 6.45) is 0. The van der Waals surface area contributed by atoms with Crippen LogP contribution >= 0.6 is 22.9 Å². The Bertz CT molecular complexity index is 1590. The van der Waals surface area contributed by atoms with Crippen LogP contribution < -0.4 is 0 Å². The molecule has 0 atom stereocenters. The van der Waals surface area contributed by atoms with Crippen LogP contribution in [0, 0.1) is 0 Å². The monoisotopic (exact) mass is 449 g/mol. The number of rotatable bonds is 3. The van der Waals surface area contributed by atoms with Gasteiger partial charge in [-0.25, -0.2) is 4.98 Å². The lowest BCUT2D eigenvalue weighted by atomic mass is 9.97. The lowest BCUT2D eigenvalue weighted by Gasteiger charge is -2.11. The number of nitrogens with zero attached hydrogens (tertiary/aromatic N) is 3. The van der Waals surface area contributed by atoms with Crippen molar-refractivity contribution in [3.05, 3.63) is 102 Å². The Balaban J connectivity index is 1.58. The summed E-state index contributed by atoms with van der Waals surface area (Å²) in [5.74, 6) is 1.13. The van der Waals surface area contributed by atoms with Crippen molar-refractivity contribution in [1.82, 2.24) is 15.0 Å². The molecule has 0 amide bonds. The number of thiophene rings is 1. The third kappa shape index (κ3) is 3.25. The predicted octanol–water partition coefficient (Wildman–Crippen LogP) is 7.89. The molecule has 0 N–H and O–H groups in total. The summed E-state index contributed by atoms with van der Waals surface area (Å²) >= 11 is 8.15. The number of aromatic nitrogens is 3. The molecule has 6 aromatic rings. The minimum atomic E-state index is 0.184. The van der Waals surface area contributed by atoms with E-state index < -0.39 is 0 Å². The Morgan fingerprint density at radius 2 is 1.19 bits per heavy atom. The number of hydrogen-bond donors (Lipinski definition) is 0. The summed E-state index contributed by atoms with van der Waals surface area (Å²) in [7, 11) is 0. The van der Waals surface area contributed by atoms with Gasteiger partial charge in [-0.15, -0.1) is 11.3 Å². The van der Waals surface area contributed by atoms with Gasteiger partial charge in [-0.1, -0.05) is 91.0 Å². The van der Waals surface area contributed by atoms with Crippen LogP contribution in [0.1, 0.15) is 0 Å². The van der Waals surface area contributed by atoms with Gasteiger partial charge in [0.05, 0.1) is 0 Å². The van der Waals surface area contributed by atoms with E-state index in [1.54, 1.807) is 0 Å². The molecule has 0 radical (unpaired) electrons. The average molecular weight is 450 g/mol. The van der Waals surface area contributed by atoms with Gasteiger partial charge in [-0.2, -0.15) is 9.97 Å². The molecular weight excluding hydrogens is 434 g/mol. The molecule has 0 saturated heterocycles. The van der Waals surface area contributed by atoms with Crippen molar-refractivity contribution in [2.75, 3.05) is 0 Å². The highest BCUT2D eigenvalue weighted by Crippen LogP contribution is 2.42. The fraction of sp³-hybridized carbons (Fsp3) is 0. The molecular formula is C27H16ClN3S. The van der Waals surface area contributed by atoms with Crippen molar-refractivity contribution in [2.45, 2.75) is 0 Å². The van der Waals surface area contributed by atoms with Crippen LogP contribution in [-0.4, -0.2) is 15.0 Å². The molecule has 0 aliphatic rings. The minimum Gasteiger partial charge on any atom is -0.208 e. The highest BCUT2D eigenvalue weighted by Gasteiger charge is 2.16. The molecule has 6 rings (SSSR count). The Morgan fingerprint density at radius 1 is 0.531 bits per heavy atom. The zero-order chi connectivity index (χ0) is 21.5. The molecule has 2 heterocycles. The first-order valence-electron chi connectivity index (χ1n) is 10.2. The number of halogens is 1. The third-order valence-corrected chi connectivity index (χ3v) is 6.89. The second-order valence-corrected chi connectivity index (χ2v) is 8.83. The maximum atomic E-state index is 6.34. The highest BCUT2D eigenvalue weighted by atomic mass is 35.5. The van der Waals surface area contributed by atoms with E-state index in [-0.39, 0.29) is 5.28 Å². The molecule has 152 valence electrons. The van der Waals surface area contributed by atoms with Crippen molar-refractivity contribution in [3.8, 4) is 33.9 Å². The van der Waals surface area contributed by atoms with Crippen LogP contribution in [-0.2, 0) is 0 Å². The molecule has 0 aliphatic carbocycles. The fourth-order valence-corrected chi connectivity index (χ4v) is 5.45. The topological polar surface area (TPSA) is 38.7 Å². The summed E-state index contributed by atoms with van der Waals surface area (Å²) < 4.78 is 2.53. The lowest BCUT2D eigenvalue weighted by molar-refractivity contribution is 1.07. The van der Waals surface area contributed by atoms with E-state index in [1.807, 2.05) is 59.9 Å². The largest absolute Gasteiger partial charge is 0.226 e. The Morgan fingerprint density at radius 3 is 2.06 bits per heavy atom. The SMILES string of the molecule is Clc1nc(-c2ccccc2)nc(-c2ccccc2-c2cccc3c2sc2ccccc23)n1. The van der Waals surface area contributed by atoms with E-state index in [9.17, 15) is 0 Å². The van der Waals surface area contributed by atoms with Crippen molar-refractivity contribution < 1.29 is 0 Å². The molecule has 0 saturated carbocycles. The van der Waals surface area contributed by atoms with Gasteiger partial charge < -0.3 is 0 Å². The molecule has 0 aliphatic heterocycles. The summed E-state index contributed by atoms with van der Waals surface area (Å²) in [6, 6.07) is 33.0. The lowest BCUT2D eigenvalue weighted by Crippen LogP contribution is -1.98. The molecule has 0 spiro atoms. The van der Waals surface area contributed by atoms with E-state index in [0.29, 0.717) is 11.6 Å². The van der Waals surface area contributed by atoms with E-state index in [0.717, 1.165) is 22.3 Å². The maximum absolute atomic E-state index is 6.34. The number of fused-ring (bicyclic) bond motifs is 3. The molecule has 4 aromatic carbocycles. The van der Waals surface area contributed by atoms with Crippen molar-refractivity contribution >= 4 is 43.1 Å². The quantitative estimate of drug-likeness (QED) is 0.275. The summed E-state index contributed by atoms with van der Waals surface area (Å²) in [4.78, 5) is 13.6. The van der Waals surface area contributed by atoms with Crippen LogP contribution in [0.3, 0.4) is 0 Å². The van der Waals surface area contributed by atoms with Crippen molar-refractivity contribution in [3.63, 3.8) is 0 Å². The van der Waals surface area contributed by atoms with E-state index in [2.05, 4.69) is 58.5 Å². The van der Waals surface area contributed by atoms with Crippen LogP contribution in [0.2, 0.25) is 5.28 Å². The van der Waals surface area contributed by atoms with Crippen LogP contribution in [0.15, 0.2) is 97.1 Å². The maximum Gasteiger partial charge on any atom is 0.226 e. The van der Waals surface area contributed by atoms with Crippen LogP contribution in [0.5, 0.6) is 0 Å². The molecule has 0 bridgehead atoms. The zero-order valence-electron chi connectivity index (χ0n) is 16.9. The van der Waals surface area contributed by atoms with E-state index >= 15 is 0 Å². The smallest absolute Gasteiger partial charge is 0.208 e. The minimum absolute atomic E-state index is 0.184. The molecule has 0 fully saturated rings.